The molecule has 0 spiro atoms. The number of nitrogens with zero attached hydrogens (tertiary/aromatic N) is 1. The van der Waals surface area contributed by atoms with Crippen LogP contribution in [0.1, 0.15) is 25.7 Å². The Morgan fingerprint density at radius 2 is 2.09 bits per heavy atom. The molecule has 1 aromatic rings. The second kappa shape index (κ2) is 7.55. The van der Waals surface area contributed by atoms with Gasteiger partial charge in [0.05, 0.1) is 6.61 Å². The third-order valence-electron chi connectivity index (χ3n) is 5.30. The lowest BCUT2D eigenvalue weighted by Crippen LogP contribution is -2.31. The van der Waals surface area contributed by atoms with Crippen LogP contribution >= 0.6 is 21.0 Å². The molecule has 0 N–H and O–H groups in total. The Hall–Kier alpha value is -0.240. The van der Waals surface area contributed by atoms with Gasteiger partial charge in [0.15, 0.2) is 0 Å². The van der Waals surface area contributed by atoms with E-state index in [4.69, 9.17) is 4.74 Å². The highest BCUT2D eigenvalue weighted by atomic mass is 32.2. The normalized spacial score (nSPS) is 26.1. The average molecular weight is 337 g/mol. The zero-order valence-electron chi connectivity index (χ0n) is 13.8. The quantitative estimate of drug-likeness (QED) is 0.581. The van der Waals surface area contributed by atoms with Crippen LogP contribution in [0.15, 0.2) is 23.1 Å². The molecule has 3 rings (SSSR count). The largest absolute Gasteiger partial charge is 0.494 e. The molecule has 2 fully saturated rings. The molecule has 1 saturated heterocycles. The summed E-state index contributed by atoms with van der Waals surface area (Å²) >= 11 is 1.78. The minimum atomic E-state index is 0.872. The minimum Gasteiger partial charge on any atom is -0.494 e. The van der Waals surface area contributed by atoms with Gasteiger partial charge in [0.1, 0.15) is 5.75 Å². The summed E-state index contributed by atoms with van der Waals surface area (Å²) in [5.74, 6) is 3.92. The molecule has 4 heteroatoms. The summed E-state index contributed by atoms with van der Waals surface area (Å²) in [6.07, 6.45) is 7.60. The molecule has 122 valence electrons. The van der Waals surface area contributed by atoms with Gasteiger partial charge in [-0.15, -0.1) is 21.0 Å². The Kier molecular flexibility index (Phi) is 5.70. The third-order valence-corrected chi connectivity index (χ3v) is 6.80. The van der Waals surface area contributed by atoms with Gasteiger partial charge in [-0.3, -0.25) is 0 Å². The molecule has 1 aromatic carbocycles. The number of likely N-dealkylation sites (tertiary alicyclic amines) is 1. The van der Waals surface area contributed by atoms with Crippen molar-refractivity contribution in [3.8, 4) is 5.75 Å². The number of rotatable bonds is 6. The van der Waals surface area contributed by atoms with E-state index in [0.717, 1.165) is 30.1 Å². The monoisotopic (exact) mass is 337 g/mol. The maximum Gasteiger partial charge on any atom is 0.119 e. The van der Waals surface area contributed by atoms with Crippen molar-refractivity contribution in [2.45, 2.75) is 30.6 Å². The first-order valence-electron chi connectivity index (χ1n) is 8.42. The van der Waals surface area contributed by atoms with Crippen LogP contribution in [0.2, 0.25) is 0 Å². The molecule has 1 heterocycles. The fourth-order valence-electron chi connectivity index (χ4n) is 3.77. The zero-order chi connectivity index (χ0) is 15.5. The molecule has 0 aromatic heterocycles. The standard InChI is InChI=1S/C18H28NOPS/c1-19-8-5-13(6-9-19)16-11-14(16)7-10-20-15-3-4-18(22-2)17(21)12-15/h3-4,12-14,16H,5-11,21H2,1-2H3. The maximum absolute atomic E-state index is 5.96. The molecule has 2 nitrogen and oxygen atoms in total. The summed E-state index contributed by atoms with van der Waals surface area (Å²) in [5.41, 5.74) is 0. The number of ether oxygens (including phenoxy) is 1. The summed E-state index contributed by atoms with van der Waals surface area (Å²) in [5, 5.41) is 1.24. The third kappa shape index (κ3) is 4.19. The molecule has 0 amide bonds. The van der Waals surface area contributed by atoms with E-state index in [1.807, 2.05) is 0 Å². The summed E-state index contributed by atoms with van der Waals surface area (Å²) in [7, 11) is 5.05. The smallest absolute Gasteiger partial charge is 0.119 e. The van der Waals surface area contributed by atoms with Crippen molar-refractivity contribution in [2.24, 2.45) is 17.8 Å². The lowest BCUT2D eigenvalue weighted by Gasteiger charge is -2.29. The van der Waals surface area contributed by atoms with Crippen LogP contribution in [0.5, 0.6) is 5.75 Å². The molecular weight excluding hydrogens is 309 g/mol. The highest BCUT2D eigenvalue weighted by molar-refractivity contribution is 7.99. The van der Waals surface area contributed by atoms with E-state index in [-0.39, 0.29) is 0 Å². The Morgan fingerprint density at radius 1 is 1.32 bits per heavy atom. The molecule has 3 unspecified atom stereocenters. The highest BCUT2D eigenvalue weighted by Crippen LogP contribution is 2.49. The molecule has 1 aliphatic carbocycles. The number of piperidine rings is 1. The highest BCUT2D eigenvalue weighted by Gasteiger charge is 2.42. The van der Waals surface area contributed by atoms with Gasteiger partial charge in [-0.05, 0) is 93.3 Å². The summed E-state index contributed by atoms with van der Waals surface area (Å²) in [6, 6.07) is 6.39. The van der Waals surface area contributed by atoms with Crippen molar-refractivity contribution in [3.63, 3.8) is 0 Å². The van der Waals surface area contributed by atoms with E-state index in [2.05, 4.69) is 45.6 Å². The van der Waals surface area contributed by atoms with Crippen molar-refractivity contribution in [1.82, 2.24) is 4.90 Å². The summed E-state index contributed by atoms with van der Waals surface area (Å²) in [6.45, 7) is 3.46. The Bertz CT molecular complexity index is 502. The van der Waals surface area contributed by atoms with E-state index < -0.39 is 0 Å². The van der Waals surface area contributed by atoms with E-state index >= 15 is 0 Å². The Balaban J connectivity index is 1.38. The number of thioether (sulfide) groups is 1. The fourth-order valence-corrected chi connectivity index (χ4v) is 4.88. The van der Waals surface area contributed by atoms with Crippen LogP contribution in [0, 0.1) is 17.8 Å². The molecule has 0 bridgehead atoms. The van der Waals surface area contributed by atoms with Crippen molar-refractivity contribution < 1.29 is 4.74 Å². The molecule has 1 aliphatic heterocycles. The predicted octanol–water partition coefficient (Wildman–Crippen LogP) is 3.66. The average Bonchev–Trinajstić information content (AvgIpc) is 3.28. The van der Waals surface area contributed by atoms with E-state index in [1.165, 1.54) is 49.0 Å². The first kappa shape index (κ1) is 16.6. The maximum atomic E-state index is 5.96. The van der Waals surface area contributed by atoms with Gasteiger partial charge in [0.25, 0.3) is 0 Å². The molecule has 0 radical (unpaired) electrons. The molecular formula is C18H28NOPS. The van der Waals surface area contributed by atoms with Gasteiger partial charge in [0, 0.05) is 4.90 Å². The molecule has 3 atom stereocenters. The number of benzene rings is 1. The molecule has 22 heavy (non-hydrogen) atoms. The van der Waals surface area contributed by atoms with Gasteiger partial charge in [-0.2, -0.15) is 0 Å². The van der Waals surface area contributed by atoms with Crippen LogP contribution < -0.4 is 10.0 Å². The molecule has 1 saturated carbocycles. The van der Waals surface area contributed by atoms with Crippen LogP contribution in [0.4, 0.5) is 0 Å². The summed E-state index contributed by atoms with van der Waals surface area (Å²) < 4.78 is 5.96. The van der Waals surface area contributed by atoms with Gasteiger partial charge >= 0.3 is 0 Å². The van der Waals surface area contributed by atoms with Crippen molar-refractivity contribution >= 4 is 26.3 Å². The first-order valence-corrected chi connectivity index (χ1v) is 10.2. The zero-order valence-corrected chi connectivity index (χ0v) is 15.7. The van der Waals surface area contributed by atoms with Gasteiger partial charge in [0.2, 0.25) is 0 Å². The van der Waals surface area contributed by atoms with Crippen molar-refractivity contribution in [3.05, 3.63) is 18.2 Å². The summed E-state index contributed by atoms with van der Waals surface area (Å²) in [4.78, 5) is 3.78. The predicted molar refractivity (Wildman–Crippen MR) is 99.5 cm³/mol. The van der Waals surface area contributed by atoms with Crippen LogP contribution in [-0.2, 0) is 0 Å². The second-order valence-electron chi connectivity index (χ2n) is 6.84. The minimum absolute atomic E-state index is 0.872. The van der Waals surface area contributed by atoms with Gasteiger partial charge < -0.3 is 9.64 Å². The second-order valence-corrected chi connectivity index (χ2v) is 8.31. The lowest BCUT2D eigenvalue weighted by molar-refractivity contribution is 0.196. The van der Waals surface area contributed by atoms with Crippen molar-refractivity contribution in [1.29, 1.82) is 0 Å². The van der Waals surface area contributed by atoms with Crippen molar-refractivity contribution in [2.75, 3.05) is 33.0 Å². The van der Waals surface area contributed by atoms with Gasteiger partial charge in [-0.1, -0.05) is 0 Å². The SMILES string of the molecule is CSc1ccc(OCCC2CC2C2CCN(C)CC2)cc1P. The first-order chi connectivity index (χ1) is 10.7. The van der Waals surface area contributed by atoms with E-state index in [1.54, 1.807) is 11.8 Å². The Morgan fingerprint density at radius 3 is 2.77 bits per heavy atom. The van der Waals surface area contributed by atoms with Gasteiger partial charge in [-0.25, -0.2) is 0 Å². The van der Waals surface area contributed by atoms with E-state index in [0.29, 0.717) is 0 Å². The lowest BCUT2D eigenvalue weighted by atomic mass is 9.91. The van der Waals surface area contributed by atoms with E-state index in [9.17, 15) is 0 Å². The Labute approximate surface area is 141 Å². The fraction of sp³-hybridized carbons (Fsp3) is 0.667. The van der Waals surface area contributed by atoms with Crippen LogP contribution in [0.25, 0.3) is 0 Å². The number of hydrogen-bond acceptors (Lipinski definition) is 3. The van der Waals surface area contributed by atoms with Crippen LogP contribution in [-0.4, -0.2) is 37.9 Å². The molecule has 2 aliphatic rings. The van der Waals surface area contributed by atoms with Crippen LogP contribution in [0.3, 0.4) is 0 Å². The number of hydrogen-bond donors (Lipinski definition) is 0. The topological polar surface area (TPSA) is 12.5 Å².